The van der Waals surface area contributed by atoms with Crippen LogP contribution in [-0.4, -0.2) is 65.6 Å². The van der Waals surface area contributed by atoms with E-state index < -0.39 is 9.73 Å². The second-order valence-corrected chi connectivity index (χ2v) is 13.2. The average Bonchev–Trinajstić information content (AvgIpc) is 3.45. The Balaban J connectivity index is 1.43. The minimum atomic E-state index is -2.30. The van der Waals surface area contributed by atoms with E-state index in [0.29, 0.717) is 72.2 Å². The summed E-state index contributed by atoms with van der Waals surface area (Å²) in [7, 11) is -0.459. The molecule has 1 fully saturated rings. The van der Waals surface area contributed by atoms with Gasteiger partial charge in [-0.15, -0.1) is 0 Å². The molecule has 0 aliphatic carbocycles. The van der Waals surface area contributed by atoms with E-state index in [0.717, 1.165) is 29.4 Å². The van der Waals surface area contributed by atoms with E-state index in [1.54, 1.807) is 23.0 Å². The molecule has 1 aromatic carbocycles. The van der Waals surface area contributed by atoms with Gasteiger partial charge in [0.25, 0.3) is 5.91 Å². The van der Waals surface area contributed by atoms with Crippen molar-refractivity contribution in [1.29, 1.82) is 0 Å². The van der Waals surface area contributed by atoms with Crippen molar-refractivity contribution in [1.82, 2.24) is 29.6 Å². The van der Waals surface area contributed by atoms with Crippen molar-refractivity contribution in [3.8, 4) is 17.1 Å². The Morgan fingerprint density at radius 2 is 1.98 bits per heavy atom. The largest absolute Gasteiger partial charge is 0.477 e. The fourth-order valence-electron chi connectivity index (χ4n) is 5.31. The Labute approximate surface area is 233 Å². The molecular weight excluding hydrogens is 528 g/mol. The maximum Gasteiger partial charge on any atom is 0.258 e. The smallest absolute Gasteiger partial charge is 0.258 e. The van der Waals surface area contributed by atoms with Crippen LogP contribution in [0.1, 0.15) is 35.8 Å². The third kappa shape index (κ3) is 5.33. The molecule has 40 heavy (non-hydrogen) atoms. The summed E-state index contributed by atoms with van der Waals surface area (Å²) in [5.41, 5.74) is 4.83. The standard InChI is InChI=1S/C28H34N8O3S/c1-18-5-4-10-39-27-22(16-30-35(27)3)24-14-20(13-19(2)31-24)26(37)33-28-32-23-7-6-21(15-25(23)36(28)17-18)34-40(38)11-8-29-9-12-40/h6-7,13-16,18,29H,4-5,8-12,17H2,1-3H3,(H,32,33,37)/t18-/m1/s1. The molecule has 11 nitrogen and oxygen atoms in total. The minimum Gasteiger partial charge on any atom is -0.477 e. The molecule has 3 aromatic heterocycles. The molecule has 5 heterocycles. The quantitative estimate of drug-likeness (QED) is 0.360. The molecule has 210 valence electrons. The molecule has 0 saturated carbocycles. The number of nitrogens with one attached hydrogen (secondary N) is 2. The maximum absolute atomic E-state index is 13.6. The first-order chi connectivity index (χ1) is 19.3. The molecule has 2 aliphatic rings. The van der Waals surface area contributed by atoms with Crippen molar-refractivity contribution in [2.75, 3.05) is 36.5 Å². The highest BCUT2D eigenvalue weighted by Gasteiger charge is 2.21. The third-order valence-electron chi connectivity index (χ3n) is 7.37. The number of ether oxygens (including phenoxy) is 1. The minimum absolute atomic E-state index is 0.277. The fourth-order valence-corrected chi connectivity index (χ4v) is 7.12. The van der Waals surface area contributed by atoms with Gasteiger partial charge in [0, 0.05) is 49.4 Å². The van der Waals surface area contributed by atoms with Crippen molar-refractivity contribution in [2.24, 2.45) is 17.3 Å². The number of pyridine rings is 1. The lowest BCUT2D eigenvalue weighted by Crippen LogP contribution is -2.35. The highest BCUT2D eigenvalue weighted by molar-refractivity contribution is 7.93. The number of aryl methyl sites for hydroxylation is 2. The molecule has 1 saturated heterocycles. The van der Waals surface area contributed by atoms with Gasteiger partial charge in [-0.3, -0.25) is 15.1 Å². The molecule has 1 amide bonds. The number of rotatable bonds is 1. The van der Waals surface area contributed by atoms with Gasteiger partial charge in [-0.1, -0.05) is 6.92 Å². The Bertz CT molecular complexity index is 1700. The SMILES string of the molecule is Cc1cc2cc(n1)-c1cnn(C)c1OCCC[C@@H](C)Cn1c(nc3ccc(N=S4(=O)CCNCC4)cc31)NC2=O. The summed E-state index contributed by atoms with van der Waals surface area (Å²) < 4.78 is 27.8. The van der Waals surface area contributed by atoms with E-state index in [9.17, 15) is 9.00 Å². The van der Waals surface area contributed by atoms with Gasteiger partial charge in [0.05, 0.1) is 50.5 Å². The van der Waals surface area contributed by atoms with E-state index in [-0.39, 0.29) is 11.8 Å². The zero-order valence-electron chi connectivity index (χ0n) is 23.0. The number of nitrogens with zero attached hydrogens (tertiary/aromatic N) is 6. The number of hydrogen-bond donors (Lipinski definition) is 2. The molecule has 2 N–H and O–H groups in total. The first kappa shape index (κ1) is 26.5. The van der Waals surface area contributed by atoms with Gasteiger partial charge in [-0.05, 0) is 56.0 Å². The number of imidazole rings is 1. The van der Waals surface area contributed by atoms with E-state index in [2.05, 4.69) is 32.0 Å². The van der Waals surface area contributed by atoms with Crippen LogP contribution in [-0.2, 0) is 23.3 Å². The van der Waals surface area contributed by atoms with Crippen molar-refractivity contribution in [3.63, 3.8) is 0 Å². The van der Waals surface area contributed by atoms with Gasteiger partial charge < -0.3 is 14.6 Å². The maximum atomic E-state index is 13.6. The van der Waals surface area contributed by atoms with Gasteiger partial charge in [-0.2, -0.15) is 9.46 Å². The van der Waals surface area contributed by atoms with Crippen LogP contribution < -0.4 is 15.4 Å². The Morgan fingerprint density at radius 3 is 2.80 bits per heavy atom. The fraction of sp³-hybridized carbons (Fsp3) is 0.429. The van der Waals surface area contributed by atoms with Crippen LogP contribution in [0.4, 0.5) is 11.6 Å². The number of anilines is 1. The topological polar surface area (TPSA) is 128 Å². The number of aromatic nitrogens is 5. The summed E-state index contributed by atoms with van der Waals surface area (Å²) in [5.74, 6) is 2.18. The zero-order chi connectivity index (χ0) is 27.9. The summed E-state index contributed by atoms with van der Waals surface area (Å²) in [6.07, 6.45) is 3.48. The normalized spacial score (nSPS) is 19.5. The van der Waals surface area contributed by atoms with E-state index in [1.165, 1.54) is 0 Å². The predicted molar refractivity (Wildman–Crippen MR) is 156 cm³/mol. The molecular formula is C28H34N8O3S. The third-order valence-corrected chi connectivity index (χ3v) is 9.60. The molecule has 4 aromatic rings. The summed E-state index contributed by atoms with van der Waals surface area (Å²) in [6.45, 7) is 6.64. The van der Waals surface area contributed by atoms with E-state index in [1.807, 2.05) is 36.7 Å². The van der Waals surface area contributed by atoms with Crippen LogP contribution in [0.3, 0.4) is 0 Å². The molecule has 0 radical (unpaired) electrons. The van der Waals surface area contributed by atoms with Gasteiger partial charge in [0.2, 0.25) is 11.8 Å². The zero-order valence-corrected chi connectivity index (χ0v) is 23.8. The monoisotopic (exact) mass is 562 g/mol. The number of carbonyl (C=O) groups excluding carboxylic acids is 1. The Kier molecular flexibility index (Phi) is 7.05. The molecule has 0 unspecified atom stereocenters. The average molecular weight is 563 g/mol. The lowest BCUT2D eigenvalue weighted by Gasteiger charge is -2.17. The van der Waals surface area contributed by atoms with Crippen molar-refractivity contribution >= 4 is 38.3 Å². The number of benzene rings is 1. The lowest BCUT2D eigenvalue weighted by atomic mass is 10.1. The van der Waals surface area contributed by atoms with Gasteiger partial charge in [-0.25, -0.2) is 13.9 Å². The Morgan fingerprint density at radius 1 is 1.15 bits per heavy atom. The van der Waals surface area contributed by atoms with Crippen LogP contribution >= 0.6 is 0 Å². The molecule has 2 bridgehead atoms. The number of carbonyl (C=O) groups is 1. The predicted octanol–water partition coefficient (Wildman–Crippen LogP) is 3.90. The second kappa shape index (κ2) is 10.7. The summed E-state index contributed by atoms with van der Waals surface area (Å²) >= 11 is 0. The molecule has 6 rings (SSSR count). The highest BCUT2D eigenvalue weighted by atomic mass is 32.2. The molecule has 2 aliphatic heterocycles. The summed E-state index contributed by atoms with van der Waals surface area (Å²) in [6, 6.07) is 9.20. The van der Waals surface area contributed by atoms with Crippen LogP contribution in [0.5, 0.6) is 5.88 Å². The number of hydrogen-bond acceptors (Lipinski definition) is 8. The number of fused-ring (bicyclic) bond motifs is 7. The van der Waals surface area contributed by atoms with Crippen molar-refractivity contribution < 1.29 is 13.7 Å². The van der Waals surface area contributed by atoms with Gasteiger partial charge in [0.1, 0.15) is 0 Å². The first-order valence-electron chi connectivity index (χ1n) is 13.7. The van der Waals surface area contributed by atoms with Gasteiger partial charge in [0.15, 0.2) is 0 Å². The van der Waals surface area contributed by atoms with E-state index in [4.69, 9.17) is 9.72 Å². The first-order valence-corrected chi connectivity index (χ1v) is 15.5. The van der Waals surface area contributed by atoms with Crippen LogP contribution in [0.2, 0.25) is 0 Å². The number of amides is 1. The Hall–Kier alpha value is -3.77. The van der Waals surface area contributed by atoms with Crippen LogP contribution in [0, 0.1) is 12.8 Å². The highest BCUT2D eigenvalue weighted by Crippen LogP contribution is 2.31. The van der Waals surface area contributed by atoms with Crippen LogP contribution in [0.25, 0.3) is 22.3 Å². The lowest BCUT2D eigenvalue weighted by molar-refractivity contribution is 0.102. The van der Waals surface area contributed by atoms with Gasteiger partial charge >= 0.3 is 0 Å². The van der Waals surface area contributed by atoms with Crippen molar-refractivity contribution in [3.05, 3.63) is 47.8 Å². The molecule has 1 atom stereocenters. The van der Waals surface area contributed by atoms with E-state index >= 15 is 0 Å². The van der Waals surface area contributed by atoms with Crippen molar-refractivity contribution in [2.45, 2.75) is 33.2 Å². The molecule has 0 spiro atoms. The second-order valence-electron chi connectivity index (χ2n) is 10.7. The van der Waals surface area contributed by atoms with Crippen LogP contribution in [0.15, 0.2) is 40.9 Å². The summed E-state index contributed by atoms with van der Waals surface area (Å²) in [4.78, 5) is 23.0. The summed E-state index contributed by atoms with van der Waals surface area (Å²) in [5, 5.41) is 10.7. The molecule has 12 heteroatoms.